The predicted molar refractivity (Wildman–Crippen MR) is 58.0 cm³/mol. The molecular formula is C10H9ClFN3O. The molecule has 0 saturated carbocycles. The van der Waals surface area contributed by atoms with Crippen LogP contribution in [0.5, 0.6) is 0 Å². The number of hydrogen-bond acceptors (Lipinski definition) is 2. The van der Waals surface area contributed by atoms with Gasteiger partial charge in [0.05, 0.1) is 6.54 Å². The molecule has 0 aliphatic rings. The van der Waals surface area contributed by atoms with Gasteiger partial charge in [-0.15, -0.1) is 0 Å². The van der Waals surface area contributed by atoms with Crippen LogP contribution < -0.4 is 5.69 Å². The topological polar surface area (TPSA) is 39.8 Å². The number of halogens is 2. The third kappa shape index (κ3) is 1.99. The first-order valence-corrected chi connectivity index (χ1v) is 4.98. The molecule has 1 aromatic heterocycles. The summed E-state index contributed by atoms with van der Waals surface area (Å²) in [6.45, 7) is 0.0999. The summed E-state index contributed by atoms with van der Waals surface area (Å²) in [5.41, 5.74) is 0.0968. The Bertz CT molecular complexity index is 576. The van der Waals surface area contributed by atoms with Gasteiger partial charge in [0.1, 0.15) is 12.1 Å². The van der Waals surface area contributed by atoms with Gasteiger partial charge in [0.25, 0.3) is 0 Å². The van der Waals surface area contributed by atoms with Crippen molar-refractivity contribution in [2.45, 2.75) is 6.54 Å². The normalized spacial score (nSPS) is 10.7. The second-order valence-electron chi connectivity index (χ2n) is 3.42. The van der Waals surface area contributed by atoms with E-state index in [0.29, 0.717) is 10.6 Å². The molecule has 0 unspecified atom stereocenters. The first-order valence-electron chi connectivity index (χ1n) is 4.60. The first-order chi connectivity index (χ1) is 7.58. The van der Waals surface area contributed by atoms with Crippen LogP contribution in [0.25, 0.3) is 0 Å². The molecule has 1 aromatic carbocycles. The highest BCUT2D eigenvalue weighted by atomic mass is 35.5. The van der Waals surface area contributed by atoms with E-state index in [0.717, 1.165) is 0 Å². The number of aryl methyl sites for hydroxylation is 1. The van der Waals surface area contributed by atoms with Crippen molar-refractivity contribution < 1.29 is 4.39 Å². The van der Waals surface area contributed by atoms with Gasteiger partial charge in [0, 0.05) is 17.6 Å². The maximum absolute atomic E-state index is 13.4. The van der Waals surface area contributed by atoms with E-state index in [1.165, 1.54) is 21.6 Å². The minimum absolute atomic E-state index is 0.0999. The van der Waals surface area contributed by atoms with Gasteiger partial charge in [0.2, 0.25) is 0 Å². The van der Waals surface area contributed by atoms with Crippen LogP contribution in [0.1, 0.15) is 5.56 Å². The van der Waals surface area contributed by atoms with Crippen LogP contribution in [0.2, 0.25) is 5.02 Å². The lowest BCUT2D eigenvalue weighted by atomic mass is 10.2. The van der Waals surface area contributed by atoms with Crippen LogP contribution >= 0.6 is 11.6 Å². The average molecular weight is 242 g/mol. The summed E-state index contributed by atoms with van der Waals surface area (Å²) in [5, 5.41) is 4.17. The van der Waals surface area contributed by atoms with E-state index in [1.54, 1.807) is 19.2 Å². The summed E-state index contributed by atoms with van der Waals surface area (Å²) >= 11 is 5.63. The molecule has 0 amide bonds. The van der Waals surface area contributed by atoms with Crippen molar-refractivity contribution >= 4 is 11.6 Å². The number of rotatable bonds is 2. The van der Waals surface area contributed by atoms with E-state index in [1.807, 2.05) is 0 Å². The van der Waals surface area contributed by atoms with Gasteiger partial charge in [-0.05, 0) is 12.1 Å². The summed E-state index contributed by atoms with van der Waals surface area (Å²) in [7, 11) is 1.59. The zero-order valence-electron chi connectivity index (χ0n) is 8.52. The molecule has 0 bridgehead atoms. The SMILES string of the molecule is Cn1cnn(Cc2ccc(Cl)cc2F)c1=O. The van der Waals surface area contributed by atoms with Gasteiger partial charge in [0.15, 0.2) is 0 Å². The Balaban J connectivity index is 2.34. The molecule has 0 aliphatic heterocycles. The summed E-state index contributed by atoms with van der Waals surface area (Å²) in [4.78, 5) is 11.5. The third-order valence-electron chi connectivity index (χ3n) is 2.22. The monoisotopic (exact) mass is 241 g/mol. The summed E-state index contributed by atoms with van der Waals surface area (Å²) in [6, 6.07) is 4.33. The smallest absolute Gasteiger partial charge is 0.285 e. The number of benzene rings is 1. The molecule has 0 radical (unpaired) electrons. The summed E-state index contributed by atoms with van der Waals surface area (Å²) in [6.07, 6.45) is 1.39. The molecule has 0 saturated heterocycles. The minimum atomic E-state index is -0.440. The fourth-order valence-corrected chi connectivity index (χ4v) is 1.50. The Kier molecular flexibility index (Phi) is 2.78. The van der Waals surface area contributed by atoms with Gasteiger partial charge in [-0.3, -0.25) is 4.57 Å². The van der Waals surface area contributed by atoms with Crippen LogP contribution in [-0.4, -0.2) is 14.3 Å². The quantitative estimate of drug-likeness (QED) is 0.798. The van der Waals surface area contributed by atoms with Crippen LogP contribution in [0.4, 0.5) is 4.39 Å². The molecule has 1 heterocycles. The van der Waals surface area contributed by atoms with Gasteiger partial charge in [-0.25, -0.2) is 13.9 Å². The highest BCUT2D eigenvalue weighted by molar-refractivity contribution is 6.30. The Morgan fingerprint density at radius 1 is 1.50 bits per heavy atom. The van der Waals surface area contributed by atoms with Gasteiger partial charge in [-0.2, -0.15) is 5.10 Å². The standard InChI is InChI=1S/C10H9ClFN3O/c1-14-6-13-15(10(14)16)5-7-2-3-8(11)4-9(7)12/h2-4,6H,5H2,1H3. The van der Waals surface area contributed by atoms with Crippen LogP contribution in [0.15, 0.2) is 29.3 Å². The molecule has 6 heteroatoms. The molecule has 0 spiro atoms. The van der Waals surface area contributed by atoms with Crippen LogP contribution in [0.3, 0.4) is 0 Å². The van der Waals surface area contributed by atoms with E-state index < -0.39 is 5.82 Å². The first kappa shape index (κ1) is 10.9. The molecule has 16 heavy (non-hydrogen) atoms. The maximum Gasteiger partial charge on any atom is 0.345 e. The Labute approximate surface area is 95.9 Å². The van der Waals surface area contributed by atoms with E-state index in [9.17, 15) is 9.18 Å². The minimum Gasteiger partial charge on any atom is -0.285 e. The molecular weight excluding hydrogens is 233 g/mol. The molecule has 84 valence electrons. The van der Waals surface area contributed by atoms with Crippen LogP contribution in [-0.2, 0) is 13.6 Å². The zero-order valence-corrected chi connectivity index (χ0v) is 9.28. The van der Waals surface area contributed by atoms with Crippen molar-refractivity contribution in [1.29, 1.82) is 0 Å². The molecule has 0 fully saturated rings. The van der Waals surface area contributed by atoms with E-state index >= 15 is 0 Å². The van der Waals surface area contributed by atoms with Crippen LogP contribution in [0, 0.1) is 5.82 Å². The largest absolute Gasteiger partial charge is 0.345 e. The van der Waals surface area contributed by atoms with Crippen molar-refractivity contribution in [3.8, 4) is 0 Å². The lowest BCUT2D eigenvalue weighted by Crippen LogP contribution is -2.23. The van der Waals surface area contributed by atoms with Gasteiger partial charge in [-0.1, -0.05) is 17.7 Å². The molecule has 2 rings (SSSR count). The average Bonchev–Trinajstić information content (AvgIpc) is 2.54. The number of aromatic nitrogens is 3. The second-order valence-corrected chi connectivity index (χ2v) is 3.85. The Morgan fingerprint density at radius 3 is 2.81 bits per heavy atom. The van der Waals surface area contributed by atoms with Crippen molar-refractivity contribution in [1.82, 2.24) is 14.3 Å². The number of hydrogen-bond donors (Lipinski definition) is 0. The Hall–Kier alpha value is -1.62. The fraction of sp³-hybridized carbons (Fsp3) is 0.200. The Morgan fingerprint density at radius 2 is 2.25 bits per heavy atom. The van der Waals surface area contributed by atoms with E-state index in [4.69, 9.17) is 11.6 Å². The van der Waals surface area contributed by atoms with Crippen molar-refractivity contribution in [2.75, 3.05) is 0 Å². The van der Waals surface area contributed by atoms with E-state index in [2.05, 4.69) is 5.10 Å². The lowest BCUT2D eigenvalue weighted by molar-refractivity contribution is 0.575. The third-order valence-corrected chi connectivity index (χ3v) is 2.46. The van der Waals surface area contributed by atoms with Crippen molar-refractivity contribution in [3.05, 3.63) is 51.4 Å². The molecule has 0 N–H and O–H groups in total. The highest BCUT2D eigenvalue weighted by Gasteiger charge is 2.07. The number of nitrogens with zero attached hydrogens (tertiary/aromatic N) is 3. The molecule has 0 aliphatic carbocycles. The van der Waals surface area contributed by atoms with Crippen molar-refractivity contribution in [2.24, 2.45) is 7.05 Å². The lowest BCUT2D eigenvalue weighted by Gasteiger charge is -2.02. The van der Waals surface area contributed by atoms with E-state index in [-0.39, 0.29) is 12.2 Å². The molecule has 4 nitrogen and oxygen atoms in total. The molecule has 0 atom stereocenters. The maximum atomic E-state index is 13.4. The van der Waals surface area contributed by atoms with Gasteiger partial charge < -0.3 is 0 Å². The highest BCUT2D eigenvalue weighted by Crippen LogP contribution is 2.14. The molecule has 2 aromatic rings. The summed E-state index contributed by atoms with van der Waals surface area (Å²) in [5.74, 6) is -0.440. The van der Waals surface area contributed by atoms with Crippen molar-refractivity contribution in [3.63, 3.8) is 0 Å². The predicted octanol–water partition coefficient (Wildman–Crippen LogP) is 1.42. The zero-order chi connectivity index (χ0) is 11.7. The summed E-state index contributed by atoms with van der Waals surface area (Å²) < 4.78 is 16.0. The second kappa shape index (κ2) is 4.09. The van der Waals surface area contributed by atoms with Gasteiger partial charge >= 0.3 is 5.69 Å². The fourth-order valence-electron chi connectivity index (χ4n) is 1.34.